The van der Waals surface area contributed by atoms with Gasteiger partial charge in [0.2, 0.25) is 0 Å². The van der Waals surface area contributed by atoms with Gasteiger partial charge in [-0.3, -0.25) is 0 Å². The maximum atomic E-state index is 4.05. The van der Waals surface area contributed by atoms with Crippen LogP contribution in [-0.2, 0) is 0 Å². The van der Waals surface area contributed by atoms with Crippen molar-refractivity contribution in [3.63, 3.8) is 0 Å². The van der Waals surface area contributed by atoms with E-state index >= 15 is 0 Å². The van der Waals surface area contributed by atoms with Crippen LogP contribution in [-0.4, -0.2) is 9.65 Å². The van der Waals surface area contributed by atoms with Crippen molar-refractivity contribution >= 4 is 31.9 Å². The molecule has 0 aromatic heterocycles. The molecule has 2 heteroatoms. The fraction of sp³-hybridized carbons (Fsp3) is 1.00. The van der Waals surface area contributed by atoms with Gasteiger partial charge in [-0.1, -0.05) is 85.7 Å². The number of fused-ring (bicyclic) bond motifs is 5. The molecule has 0 radical (unpaired) electrons. The molecule has 0 heterocycles. The van der Waals surface area contributed by atoms with Crippen LogP contribution in [0.2, 0.25) is 0 Å². The van der Waals surface area contributed by atoms with Crippen LogP contribution in [0.3, 0.4) is 0 Å². The van der Waals surface area contributed by atoms with Crippen molar-refractivity contribution in [1.29, 1.82) is 0 Å². The molecule has 168 valence electrons. The molecule has 0 spiro atoms. The molecule has 0 nitrogen and oxygen atoms in total. The molecular formula is C27H46Br2. The summed E-state index contributed by atoms with van der Waals surface area (Å²) in [6, 6.07) is 0. The second-order valence-electron chi connectivity index (χ2n) is 12.7. The number of rotatable bonds is 5. The smallest absolute Gasteiger partial charge is 0.0276 e. The Labute approximate surface area is 198 Å². The van der Waals surface area contributed by atoms with Crippen molar-refractivity contribution in [1.82, 2.24) is 0 Å². The van der Waals surface area contributed by atoms with Gasteiger partial charge in [0.05, 0.1) is 0 Å². The first-order chi connectivity index (χ1) is 13.7. The summed E-state index contributed by atoms with van der Waals surface area (Å²) in [6.45, 7) is 12.8. The molecule has 29 heavy (non-hydrogen) atoms. The van der Waals surface area contributed by atoms with E-state index in [-0.39, 0.29) is 0 Å². The summed E-state index contributed by atoms with van der Waals surface area (Å²) in [5.41, 5.74) is 1.23. The Morgan fingerprint density at radius 1 is 0.828 bits per heavy atom. The van der Waals surface area contributed by atoms with E-state index in [2.05, 4.69) is 66.5 Å². The molecule has 0 aliphatic heterocycles. The van der Waals surface area contributed by atoms with Gasteiger partial charge in [-0.05, 0) is 104 Å². The highest BCUT2D eigenvalue weighted by Crippen LogP contribution is 2.68. The molecule has 4 rings (SSSR count). The minimum atomic E-state index is 0.587. The standard InChI is InChI=1S/C27H46Br2/c1-17(2)7-6-8-18(3)21-11-12-22-20-10-9-19-15-24(28)25(29)16-27(19,5)23(20)13-14-26(21,22)4/h17-25H,6-16H2,1-5H3/t18-,19+,20+,21+,22-,23-,24+,25-,26-,27+/m1/s1. The highest BCUT2D eigenvalue weighted by Gasteiger charge is 2.61. The van der Waals surface area contributed by atoms with Crippen LogP contribution in [0.25, 0.3) is 0 Å². The zero-order valence-corrected chi connectivity index (χ0v) is 22.9. The average molecular weight is 530 g/mol. The molecule has 0 unspecified atom stereocenters. The Bertz CT molecular complexity index is 573. The van der Waals surface area contributed by atoms with Crippen LogP contribution in [0.15, 0.2) is 0 Å². The predicted octanol–water partition coefficient (Wildman–Crippen LogP) is 9.24. The van der Waals surface area contributed by atoms with Crippen molar-refractivity contribution in [2.75, 3.05) is 0 Å². The number of alkyl halides is 2. The number of hydrogen-bond donors (Lipinski definition) is 0. The topological polar surface area (TPSA) is 0 Å². The van der Waals surface area contributed by atoms with Gasteiger partial charge in [-0.2, -0.15) is 0 Å². The van der Waals surface area contributed by atoms with Gasteiger partial charge in [-0.15, -0.1) is 0 Å². The molecule has 0 amide bonds. The van der Waals surface area contributed by atoms with Gasteiger partial charge >= 0.3 is 0 Å². The molecule has 4 fully saturated rings. The van der Waals surface area contributed by atoms with E-state index in [1.165, 1.54) is 70.6 Å². The summed E-state index contributed by atoms with van der Waals surface area (Å²) in [5, 5.41) is 0. The quantitative estimate of drug-likeness (QED) is 0.311. The van der Waals surface area contributed by atoms with Gasteiger partial charge < -0.3 is 0 Å². The van der Waals surface area contributed by atoms with Gasteiger partial charge in [-0.25, -0.2) is 0 Å². The average Bonchev–Trinajstić information content (AvgIpc) is 3.00. The van der Waals surface area contributed by atoms with E-state index in [4.69, 9.17) is 0 Å². The molecule has 4 aliphatic carbocycles. The number of halogens is 2. The van der Waals surface area contributed by atoms with E-state index < -0.39 is 0 Å². The number of hydrogen-bond acceptors (Lipinski definition) is 0. The SMILES string of the molecule is CC(C)CCC[C@@H](C)[C@@H]1CC[C@@H]2[C@@H]3CC[C@H]4C[C@H](Br)[C@H](Br)C[C@]4(C)[C@@H]3CC[C@@]21C. The van der Waals surface area contributed by atoms with Crippen molar-refractivity contribution in [2.24, 2.45) is 52.3 Å². The zero-order chi connectivity index (χ0) is 21.0. The van der Waals surface area contributed by atoms with Crippen LogP contribution < -0.4 is 0 Å². The zero-order valence-electron chi connectivity index (χ0n) is 19.7. The first-order valence-corrected chi connectivity index (χ1v) is 14.8. The van der Waals surface area contributed by atoms with Crippen molar-refractivity contribution in [3.05, 3.63) is 0 Å². The minimum absolute atomic E-state index is 0.587. The van der Waals surface area contributed by atoms with Crippen LogP contribution in [0, 0.1) is 52.3 Å². The molecule has 4 aliphatic rings. The Balaban J connectivity index is 1.47. The third-order valence-electron chi connectivity index (χ3n) is 10.8. The van der Waals surface area contributed by atoms with E-state index in [0.29, 0.717) is 20.5 Å². The molecule has 0 bridgehead atoms. The maximum Gasteiger partial charge on any atom is 0.0276 e. The van der Waals surface area contributed by atoms with E-state index in [1.54, 1.807) is 0 Å². The first kappa shape index (κ1) is 23.1. The lowest BCUT2D eigenvalue weighted by atomic mass is 9.44. The molecular weight excluding hydrogens is 484 g/mol. The lowest BCUT2D eigenvalue weighted by Gasteiger charge is -2.62. The largest absolute Gasteiger partial charge is 0.0878 e. The monoisotopic (exact) mass is 528 g/mol. The highest BCUT2D eigenvalue weighted by molar-refractivity contribution is 9.12. The second kappa shape index (κ2) is 8.72. The highest BCUT2D eigenvalue weighted by atomic mass is 79.9. The Morgan fingerprint density at radius 2 is 1.55 bits per heavy atom. The predicted molar refractivity (Wildman–Crippen MR) is 134 cm³/mol. The van der Waals surface area contributed by atoms with Crippen LogP contribution in [0.1, 0.15) is 105 Å². The van der Waals surface area contributed by atoms with E-state index in [1.807, 2.05) is 0 Å². The summed E-state index contributed by atoms with van der Waals surface area (Å²) >= 11 is 8.04. The third kappa shape index (κ3) is 4.06. The Hall–Kier alpha value is 0.960. The molecule has 0 saturated heterocycles. The summed E-state index contributed by atoms with van der Waals surface area (Å²) in [6.07, 6.45) is 16.3. The van der Waals surface area contributed by atoms with Gasteiger partial charge in [0.1, 0.15) is 0 Å². The molecule has 0 aromatic carbocycles. The summed E-state index contributed by atoms with van der Waals surface area (Å²) in [5.74, 6) is 6.79. The summed E-state index contributed by atoms with van der Waals surface area (Å²) < 4.78 is 0. The lowest BCUT2D eigenvalue weighted by Crippen LogP contribution is -2.55. The van der Waals surface area contributed by atoms with Crippen molar-refractivity contribution in [2.45, 2.75) is 115 Å². The van der Waals surface area contributed by atoms with Crippen LogP contribution in [0.5, 0.6) is 0 Å². The maximum absolute atomic E-state index is 4.05. The fourth-order valence-electron chi connectivity index (χ4n) is 9.23. The first-order valence-electron chi connectivity index (χ1n) is 12.9. The molecule has 0 aromatic rings. The second-order valence-corrected chi connectivity index (χ2v) is 15.0. The van der Waals surface area contributed by atoms with E-state index in [9.17, 15) is 0 Å². The molecule has 0 N–H and O–H groups in total. The summed E-state index contributed by atoms with van der Waals surface area (Å²) in [4.78, 5) is 1.36. The Kier molecular flexibility index (Phi) is 6.95. The normalized spacial score (nSPS) is 50.7. The molecule has 10 atom stereocenters. The van der Waals surface area contributed by atoms with Crippen molar-refractivity contribution < 1.29 is 0 Å². The third-order valence-corrected chi connectivity index (χ3v) is 13.5. The minimum Gasteiger partial charge on any atom is -0.0878 e. The lowest BCUT2D eigenvalue weighted by molar-refractivity contribution is -0.112. The van der Waals surface area contributed by atoms with Crippen LogP contribution >= 0.6 is 31.9 Å². The van der Waals surface area contributed by atoms with E-state index in [0.717, 1.165) is 41.4 Å². The van der Waals surface area contributed by atoms with Gasteiger partial charge in [0, 0.05) is 9.65 Å². The van der Waals surface area contributed by atoms with Gasteiger partial charge in [0.15, 0.2) is 0 Å². The van der Waals surface area contributed by atoms with Crippen LogP contribution in [0.4, 0.5) is 0 Å². The molecule has 4 saturated carbocycles. The Morgan fingerprint density at radius 3 is 2.28 bits per heavy atom. The fourth-order valence-corrected chi connectivity index (χ4v) is 10.8. The van der Waals surface area contributed by atoms with Crippen molar-refractivity contribution in [3.8, 4) is 0 Å². The summed E-state index contributed by atoms with van der Waals surface area (Å²) in [7, 11) is 0. The van der Waals surface area contributed by atoms with Gasteiger partial charge in [0.25, 0.3) is 0 Å².